The van der Waals surface area contributed by atoms with E-state index < -0.39 is 17.5 Å². The van der Waals surface area contributed by atoms with Gasteiger partial charge in [0.15, 0.2) is 0 Å². The van der Waals surface area contributed by atoms with Crippen LogP contribution in [0.1, 0.15) is 30.0 Å². The standard InChI is InChI=1S/C23H27N3O4/c1-4-23(18-9-11-19(30-3)12-10-18)21(28)26(22(29)25-23)15-20(27)24-14-13-17-8-6-5-7-16(17)2/h5-12H,4,13-15H2,1-3H3,(H,24,27)(H,25,29)/t23-/m1/s1. The highest BCUT2D eigenvalue weighted by molar-refractivity contribution is 6.09. The van der Waals surface area contributed by atoms with Gasteiger partial charge in [-0.15, -0.1) is 0 Å². The van der Waals surface area contributed by atoms with Crippen molar-refractivity contribution in [2.75, 3.05) is 20.2 Å². The van der Waals surface area contributed by atoms with Gasteiger partial charge in [0.1, 0.15) is 17.8 Å². The average Bonchev–Trinajstić information content (AvgIpc) is 3.00. The number of nitrogens with one attached hydrogen (secondary N) is 2. The van der Waals surface area contributed by atoms with E-state index in [2.05, 4.69) is 10.6 Å². The van der Waals surface area contributed by atoms with Gasteiger partial charge in [-0.3, -0.25) is 14.5 Å². The molecule has 1 heterocycles. The molecule has 1 atom stereocenters. The fraction of sp³-hybridized carbons (Fsp3) is 0.348. The van der Waals surface area contributed by atoms with E-state index in [1.165, 1.54) is 0 Å². The maximum Gasteiger partial charge on any atom is 0.325 e. The van der Waals surface area contributed by atoms with Crippen molar-refractivity contribution in [1.82, 2.24) is 15.5 Å². The maximum absolute atomic E-state index is 13.1. The summed E-state index contributed by atoms with van der Waals surface area (Å²) in [5.74, 6) is -0.130. The summed E-state index contributed by atoms with van der Waals surface area (Å²) in [4.78, 5) is 39.0. The van der Waals surface area contributed by atoms with Crippen LogP contribution in [0.25, 0.3) is 0 Å². The van der Waals surface area contributed by atoms with Gasteiger partial charge in [-0.1, -0.05) is 43.3 Å². The van der Waals surface area contributed by atoms with Gasteiger partial charge in [-0.2, -0.15) is 0 Å². The Morgan fingerprint density at radius 1 is 1.13 bits per heavy atom. The van der Waals surface area contributed by atoms with Gasteiger partial charge in [0.05, 0.1) is 7.11 Å². The Hall–Kier alpha value is -3.35. The second-order valence-electron chi connectivity index (χ2n) is 7.34. The van der Waals surface area contributed by atoms with Crippen LogP contribution in [0.5, 0.6) is 5.75 Å². The third-order valence-corrected chi connectivity index (χ3v) is 5.57. The molecule has 0 spiro atoms. The lowest BCUT2D eigenvalue weighted by molar-refractivity contribution is -0.135. The van der Waals surface area contributed by atoms with Crippen LogP contribution in [0.2, 0.25) is 0 Å². The monoisotopic (exact) mass is 409 g/mol. The lowest BCUT2D eigenvalue weighted by Gasteiger charge is -2.26. The number of aryl methyl sites for hydroxylation is 1. The van der Waals surface area contributed by atoms with Gasteiger partial charge >= 0.3 is 6.03 Å². The Bertz CT molecular complexity index is 942. The first-order chi connectivity index (χ1) is 14.4. The van der Waals surface area contributed by atoms with Crippen LogP contribution in [0.4, 0.5) is 4.79 Å². The van der Waals surface area contributed by atoms with E-state index in [-0.39, 0.29) is 12.5 Å². The van der Waals surface area contributed by atoms with E-state index in [1.807, 2.05) is 38.1 Å². The van der Waals surface area contributed by atoms with Crippen molar-refractivity contribution in [3.05, 3.63) is 65.2 Å². The van der Waals surface area contributed by atoms with E-state index >= 15 is 0 Å². The Labute approximate surface area is 176 Å². The van der Waals surface area contributed by atoms with Gasteiger partial charge < -0.3 is 15.4 Å². The predicted octanol–water partition coefficient (Wildman–Crippen LogP) is 2.52. The van der Waals surface area contributed by atoms with Crippen molar-refractivity contribution in [2.24, 2.45) is 0 Å². The Kier molecular flexibility index (Phi) is 6.40. The van der Waals surface area contributed by atoms with Crippen LogP contribution in [-0.4, -0.2) is 42.9 Å². The summed E-state index contributed by atoms with van der Waals surface area (Å²) in [6.07, 6.45) is 1.05. The lowest BCUT2D eigenvalue weighted by Crippen LogP contribution is -2.45. The zero-order valence-corrected chi connectivity index (χ0v) is 17.5. The van der Waals surface area contributed by atoms with Crippen molar-refractivity contribution >= 4 is 17.8 Å². The predicted molar refractivity (Wildman–Crippen MR) is 113 cm³/mol. The highest BCUT2D eigenvalue weighted by Gasteiger charge is 2.51. The Morgan fingerprint density at radius 3 is 2.47 bits per heavy atom. The first-order valence-corrected chi connectivity index (χ1v) is 10.0. The van der Waals surface area contributed by atoms with Gasteiger partial charge in [0.25, 0.3) is 5.91 Å². The number of methoxy groups -OCH3 is 1. The Morgan fingerprint density at radius 2 is 1.83 bits per heavy atom. The molecule has 1 fully saturated rings. The lowest BCUT2D eigenvalue weighted by atomic mass is 9.87. The van der Waals surface area contributed by atoms with Gasteiger partial charge in [0.2, 0.25) is 5.91 Å². The number of amides is 4. The molecule has 0 aromatic heterocycles. The number of hydrogen-bond donors (Lipinski definition) is 2. The highest BCUT2D eigenvalue weighted by Crippen LogP contribution is 2.33. The molecular formula is C23H27N3O4. The number of nitrogens with zero attached hydrogens (tertiary/aromatic N) is 1. The van der Waals surface area contributed by atoms with Crippen molar-refractivity contribution in [2.45, 2.75) is 32.2 Å². The minimum absolute atomic E-state index is 0.309. The molecular weight excluding hydrogens is 382 g/mol. The number of carbonyl (C=O) groups is 3. The molecule has 0 bridgehead atoms. The van der Waals surface area contributed by atoms with Crippen molar-refractivity contribution in [3.63, 3.8) is 0 Å². The molecule has 0 radical (unpaired) electrons. The van der Waals surface area contributed by atoms with Crippen molar-refractivity contribution in [3.8, 4) is 5.75 Å². The van der Waals surface area contributed by atoms with Crippen LogP contribution >= 0.6 is 0 Å². The van der Waals surface area contributed by atoms with E-state index in [1.54, 1.807) is 31.4 Å². The minimum atomic E-state index is -1.18. The van der Waals surface area contributed by atoms with E-state index in [9.17, 15) is 14.4 Å². The highest BCUT2D eigenvalue weighted by atomic mass is 16.5. The summed E-state index contributed by atoms with van der Waals surface area (Å²) in [6.45, 7) is 3.98. The largest absolute Gasteiger partial charge is 0.497 e. The number of benzene rings is 2. The number of urea groups is 1. The van der Waals surface area contributed by atoms with Crippen molar-refractivity contribution in [1.29, 1.82) is 0 Å². The third kappa shape index (κ3) is 4.15. The molecule has 0 aliphatic carbocycles. The molecule has 7 nitrogen and oxygen atoms in total. The summed E-state index contributed by atoms with van der Waals surface area (Å²) >= 11 is 0. The molecule has 1 saturated heterocycles. The van der Waals surface area contributed by atoms with Gasteiger partial charge in [0, 0.05) is 6.54 Å². The molecule has 2 aromatic carbocycles. The fourth-order valence-corrected chi connectivity index (χ4v) is 3.71. The summed E-state index contributed by atoms with van der Waals surface area (Å²) in [5.41, 5.74) is 1.79. The summed E-state index contributed by atoms with van der Waals surface area (Å²) in [7, 11) is 1.56. The summed E-state index contributed by atoms with van der Waals surface area (Å²) in [5, 5.41) is 5.58. The van der Waals surface area contributed by atoms with Crippen LogP contribution in [-0.2, 0) is 21.5 Å². The van der Waals surface area contributed by atoms with E-state index in [0.717, 1.165) is 16.0 Å². The van der Waals surface area contributed by atoms with Crippen LogP contribution in [0.15, 0.2) is 48.5 Å². The molecule has 158 valence electrons. The summed E-state index contributed by atoms with van der Waals surface area (Å²) in [6, 6.07) is 14.4. The molecule has 2 aromatic rings. The topological polar surface area (TPSA) is 87.7 Å². The van der Waals surface area contributed by atoms with Crippen molar-refractivity contribution < 1.29 is 19.1 Å². The molecule has 4 amide bonds. The number of hydrogen-bond acceptors (Lipinski definition) is 4. The molecule has 30 heavy (non-hydrogen) atoms. The number of rotatable bonds is 8. The normalized spacial score (nSPS) is 18.3. The van der Waals surface area contributed by atoms with Crippen LogP contribution < -0.4 is 15.4 Å². The van der Waals surface area contributed by atoms with E-state index in [0.29, 0.717) is 30.7 Å². The third-order valence-electron chi connectivity index (χ3n) is 5.57. The zero-order chi connectivity index (χ0) is 21.7. The molecule has 1 aliphatic rings. The van der Waals surface area contributed by atoms with Gasteiger partial charge in [-0.05, 0) is 48.6 Å². The molecule has 3 rings (SSSR count). The van der Waals surface area contributed by atoms with E-state index in [4.69, 9.17) is 4.74 Å². The maximum atomic E-state index is 13.1. The molecule has 1 aliphatic heterocycles. The SMILES string of the molecule is CC[C@]1(c2ccc(OC)cc2)NC(=O)N(CC(=O)NCCc2ccccc2C)C1=O. The molecule has 0 saturated carbocycles. The van der Waals surface area contributed by atoms with Crippen LogP contribution in [0.3, 0.4) is 0 Å². The molecule has 7 heteroatoms. The number of carbonyl (C=O) groups excluding carboxylic acids is 3. The first kappa shape index (κ1) is 21.4. The fourth-order valence-electron chi connectivity index (χ4n) is 3.71. The second-order valence-corrected chi connectivity index (χ2v) is 7.34. The average molecular weight is 409 g/mol. The second kappa shape index (κ2) is 8.98. The molecule has 2 N–H and O–H groups in total. The number of ether oxygens (including phenoxy) is 1. The van der Waals surface area contributed by atoms with Gasteiger partial charge in [-0.25, -0.2) is 4.79 Å². The zero-order valence-electron chi connectivity index (χ0n) is 17.5. The molecule has 0 unspecified atom stereocenters. The smallest absolute Gasteiger partial charge is 0.325 e. The Balaban J connectivity index is 1.64. The minimum Gasteiger partial charge on any atom is -0.497 e. The first-order valence-electron chi connectivity index (χ1n) is 10.0. The quantitative estimate of drug-likeness (QED) is 0.656. The summed E-state index contributed by atoms with van der Waals surface area (Å²) < 4.78 is 5.16. The van der Waals surface area contributed by atoms with Crippen LogP contribution in [0, 0.1) is 6.92 Å². The number of imide groups is 1.